The second-order valence-electron chi connectivity index (χ2n) is 4.86. The minimum atomic E-state index is -0.512. The van der Waals surface area contributed by atoms with E-state index in [1.54, 1.807) is 6.20 Å². The molecule has 0 aliphatic rings. The summed E-state index contributed by atoms with van der Waals surface area (Å²) in [6.07, 6.45) is 1.55. The topological polar surface area (TPSA) is 98.4 Å². The van der Waals surface area contributed by atoms with E-state index in [2.05, 4.69) is 15.6 Å². The molecule has 0 bridgehead atoms. The highest BCUT2D eigenvalue weighted by Crippen LogP contribution is 2.20. The molecule has 22 heavy (non-hydrogen) atoms. The Kier molecular flexibility index (Phi) is 4.67. The van der Waals surface area contributed by atoms with E-state index < -0.39 is 4.92 Å². The number of nitro groups is 1. The lowest BCUT2D eigenvalue weighted by Crippen LogP contribution is -2.25. The number of carbonyl (C=O) groups excluding carboxylic acids is 1. The number of nitrogens with zero attached hydrogens (tertiary/aromatic N) is 1. The van der Waals surface area contributed by atoms with Gasteiger partial charge < -0.3 is 5.32 Å². The number of benzene rings is 1. The summed E-state index contributed by atoms with van der Waals surface area (Å²) < 4.78 is 0. The van der Waals surface area contributed by atoms with Crippen molar-refractivity contribution >= 4 is 23.1 Å². The molecule has 0 radical (unpaired) electrons. The van der Waals surface area contributed by atoms with Crippen molar-refractivity contribution in [2.45, 2.75) is 13.8 Å². The van der Waals surface area contributed by atoms with Crippen LogP contribution in [-0.2, 0) is 4.79 Å². The maximum absolute atomic E-state index is 12.0. The minimum Gasteiger partial charge on any atom is -0.322 e. The van der Waals surface area contributed by atoms with Crippen LogP contribution in [0.25, 0.3) is 0 Å². The maximum Gasteiger partial charge on any atom is 0.357 e. The summed E-state index contributed by atoms with van der Waals surface area (Å²) in [4.78, 5) is 25.1. The summed E-state index contributed by atoms with van der Waals surface area (Å²) >= 11 is 0. The fourth-order valence-electron chi connectivity index (χ4n) is 2.09. The van der Waals surface area contributed by atoms with E-state index >= 15 is 0 Å². The average molecular weight is 301 g/mol. The second-order valence-corrected chi connectivity index (χ2v) is 4.86. The molecule has 1 aromatic carbocycles. The van der Waals surface area contributed by atoms with Crippen LogP contribution in [0, 0.1) is 24.0 Å². The average Bonchev–Trinajstić information content (AvgIpc) is 2.49. The quantitative estimate of drug-likeness (QED) is 0.652. The van der Waals surface area contributed by atoms with Gasteiger partial charge in [-0.3, -0.25) is 20.2 Å². The van der Waals surface area contributed by atoms with Crippen LogP contribution < -0.4 is 15.6 Å². The number of hydrogen-bond acceptors (Lipinski definition) is 4. The van der Waals surface area contributed by atoms with Gasteiger partial charge in [0.1, 0.15) is 0 Å². The van der Waals surface area contributed by atoms with Crippen LogP contribution in [0.2, 0.25) is 0 Å². The molecule has 7 heteroatoms. The first-order chi connectivity index (χ1) is 10.5. The number of hydrogen-bond donors (Lipinski definition) is 2. The first-order valence-electron chi connectivity index (χ1n) is 6.74. The molecule has 3 N–H and O–H groups in total. The molecular weight excluding hydrogens is 284 g/mol. The Hall–Kier alpha value is -2.96. The monoisotopic (exact) mass is 301 g/mol. The summed E-state index contributed by atoms with van der Waals surface area (Å²) in [6, 6.07) is 8.63. The standard InChI is InChI=1S/C15H16N4O3/c1-10-5-3-6-11(2)14(10)18-13(20)9-17-15-12(19(21)22)7-4-8-16-15/h3-8H,9H2,1-2H3,(H,16,17)(H,18,20)/p+1. The molecule has 7 nitrogen and oxygen atoms in total. The lowest BCUT2D eigenvalue weighted by molar-refractivity contribution is -0.409. The third-order valence-electron chi connectivity index (χ3n) is 3.20. The Morgan fingerprint density at radius 2 is 1.91 bits per heavy atom. The van der Waals surface area contributed by atoms with Crippen molar-refractivity contribution in [3.63, 3.8) is 0 Å². The van der Waals surface area contributed by atoms with E-state index in [4.69, 9.17) is 0 Å². The van der Waals surface area contributed by atoms with E-state index in [1.807, 2.05) is 32.0 Å². The summed E-state index contributed by atoms with van der Waals surface area (Å²) in [5.74, 6) is -0.0758. The van der Waals surface area contributed by atoms with Crippen molar-refractivity contribution in [3.8, 4) is 0 Å². The number of para-hydroxylation sites is 1. The van der Waals surface area contributed by atoms with Crippen LogP contribution in [0.1, 0.15) is 11.1 Å². The van der Waals surface area contributed by atoms with E-state index in [1.165, 1.54) is 12.1 Å². The van der Waals surface area contributed by atoms with Gasteiger partial charge in [-0.05, 0) is 31.0 Å². The van der Waals surface area contributed by atoms with Crippen LogP contribution in [0.4, 0.5) is 17.2 Å². The molecule has 0 saturated carbocycles. The molecule has 0 aliphatic heterocycles. The summed E-state index contributed by atoms with van der Waals surface area (Å²) in [5, 5.41) is 16.4. The van der Waals surface area contributed by atoms with Crippen LogP contribution in [0.3, 0.4) is 0 Å². The number of anilines is 2. The number of aromatic nitrogens is 1. The molecule has 0 aliphatic carbocycles. The highest BCUT2D eigenvalue weighted by molar-refractivity contribution is 5.95. The first kappa shape index (κ1) is 15.4. The van der Waals surface area contributed by atoms with Gasteiger partial charge in [-0.25, -0.2) is 4.98 Å². The normalized spacial score (nSPS) is 10.1. The summed E-state index contributed by atoms with van der Waals surface area (Å²) in [5.41, 5.74) is 2.58. The molecule has 1 heterocycles. The van der Waals surface area contributed by atoms with Gasteiger partial charge in [0.05, 0.1) is 11.1 Å². The third kappa shape index (κ3) is 3.57. The van der Waals surface area contributed by atoms with E-state index in [-0.39, 0.29) is 24.0 Å². The zero-order valence-electron chi connectivity index (χ0n) is 12.3. The number of nitrogens with one attached hydrogen (secondary N) is 3. The van der Waals surface area contributed by atoms with Gasteiger partial charge in [0.2, 0.25) is 0 Å². The Bertz CT molecular complexity index is 695. The minimum absolute atomic E-state index is 0.0743. The lowest BCUT2D eigenvalue weighted by atomic mass is 10.1. The maximum atomic E-state index is 12.0. The number of rotatable bonds is 5. The van der Waals surface area contributed by atoms with Crippen molar-refractivity contribution < 1.29 is 14.7 Å². The molecule has 0 fully saturated rings. The van der Waals surface area contributed by atoms with Crippen LogP contribution >= 0.6 is 0 Å². The molecule has 2 aromatic rings. The van der Waals surface area contributed by atoms with Gasteiger partial charge in [0, 0.05) is 11.8 Å². The lowest BCUT2D eigenvalue weighted by Gasteiger charge is -2.10. The van der Waals surface area contributed by atoms with Crippen molar-refractivity contribution in [1.82, 2.24) is 0 Å². The third-order valence-corrected chi connectivity index (χ3v) is 3.20. The molecule has 114 valence electrons. The molecule has 0 atom stereocenters. The molecule has 0 saturated heterocycles. The molecule has 2 rings (SSSR count). The van der Waals surface area contributed by atoms with Crippen molar-refractivity contribution in [2.24, 2.45) is 0 Å². The van der Waals surface area contributed by atoms with E-state index in [0.29, 0.717) is 0 Å². The Morgan fingerprint density at radius 3 is 2.55 bits per heavy atom. The number of aromatic amines is 1. The van der Waals surface area contributed by atoms with Gasteiger partial charge in [0.15, 0.2) is 6.54 Å². The summed E-state index contributed by atoms with van der Waals surface area (Å²) in [6.45, 7) is 3.74. The van der Waals surface area contributed by atoms with E-state index in [0.717, 1.165) is 16.8 Å². The summed E-state index contributed by atoms with van der Waals surface area (Å²) in [7, 11) is 0. The number of pyridine rings is 1. The van der Waals surface area contributed by atoms with Crippen LogP contribution in [0.15, 0.2) is 36.5 Å². The van der Waals surface area contributed by atoms with Gasteiger partial charge in [-0.15, -0.1) is 0 Å². The zero-order valence-corrected chi connectivity index (χ0v) is 12.3. The molecule has 1 amide bonds. The number of H-pyrrole nitrogens is 1. The molecular formula is C15H17N4O3+. The van der Waals surface area contributed by atoms with Gasteiger partial charge in [-0.2, -0.15) is 0 Å². The second kappa shape index (κ2) is 6.66. The Labute approximate surface area is 127 Å². The molecule has 0 spiro atoms. The fourth-order valence-corrected chi connectivity index (χ4v) is 2.09. The number of aryl methyl sites for hydroxylation is 2. The Morgan fingerprint density at radius 1 is 1.23 bits per heavy atom. The van der Waals surface area contributed by atoms with Crippen LogP contribution in [0.5, 0.6) is 0 Å². The zero-order chi connectivity index (χ0) is 16.1. The number of amides is 1. The molecule has 0 unspecified atom stereocenters. The first-order valence-corrected chi connectivity index (χ1v) is 6.74. The fraction of sp³-hybridized carbons (Fsp3) is 0.200. The van der Waals surface area contributed by atoms with Crippen molar-refractivity contribution in [3.05, 3.63) is 57.8 Å². The van der Waals surface area contributed by atoms with E-state index in [9.17, 15) is 14.9 Å². The van der Waals surface area contributed by atoms with Crippen molar-refractivity contribution in [1.29, 1.82) is 0 Å². The smallest absolute Gasteiger partial charge is 0.322 e. The predicted molar refractivity (Wildman–Crippen MR) is 82.7 cm³/mol. The Balaban J connectivity index is 2.04. The van der Waals surface area contributed by atoms with Gasteiger partial charge >= 0.3 is 11.5 Å². The predicted octanol–water partition coefficient (Wildman–Crippen LogP) is 2.08. The SMILES string of the molecule is Cc1cccc(C)c1NC(=O)CNc1[nH+]cccc1[N+](=O)[O-]. The largest absolute Gasteiger partial charge is 0.357 e. The van der Waals surface area contributed by atoms with Crippen molar-refractivity contribution in [2.75, 3.05) is 17.2 Å². The van der Waals surface area contributed by atoms with Crippen LogP contribution in [-0.4, -0.2) is 17.4 Å². The van der Waals surface area contributed by atoms with Gasteiger partial charge in [0.25, 0.3) is 5.91 Å². The van der Waals surface area contributed by atoms with Gasteiger partial charge in [-0.1, -0.05) is 18.2 Å². The highest BCUT2D eigenvalue weighted by atomic mass is 16.6. The highest BCUT2D eigenvalue weighted by Gasteiger charge is 2.20. The number of carbonyl (C=O) groups is 1. The molecule has 1 aromatic heterocycles.